The van der Waals surface area contributed by atoms with E-state index in [-0.39, 0.29) is 11.4 Å². The first-order valence-corrected chi connectivity index (χ1v) is 10.6. The third-order valence-electron chi connectivity index (χ3n) is 4.90. The van der Waals surface area contributed by atoms with Gasteiger partial charge in [0, 0.05) is 30.6 Å². The lowest BCUT2D eigenvalue weighted by molar-refractivity contribution is -0.385. The summed E-state index contributed by atoms with van der Waals surface area (Å²) < 4.78 is 7.58. The Bertz CT molecular complexity index is 1090. The number of rotatable bonds is 11. The molecular weight excluding hydrogens is 406 g/mol. The minimum Gasteiger partial charge on any atom is -0.487 e. The van der Waals surface area contributed by atoms with Crippen molar-refractivity contribution in [1.82, 2.24) is 9.55 Å². The van der Waals surface area contributed by atoms with Gasteiger partial charge < -0.3 is 9.30 Å². The highest BCUT2D eigenvalue weighted by atomic mass is 16.6. The van der Waals surface area contributed by atoms with E-state index in [1.165, 1.54) is 6.07 Å². The number of nitro groups is 1. The van der Waals surface area contributed by atoms with Crippen LogP contribution in [0.15, 0.2) is 71.1 Å². The fourth-order valence-electron chi connectivity index (χ4n) is 3.13. The SMILES string of the molecule is CCCCCOc1ccc(/C(C)=N\N=C\c2nccn2Cc2ccccc2)cc1[N+](=O)[O-]. The zero-order chi connectivity index (χ0) is 22.8. The van der Waals surface area contributed by atoms with Crippen LogP contribution in [0.2, 0.25) is 0 Å². The van der Waals surface area contributed by atoms with Gasteiger partial charge in [0.05, 0.1) is 23.5 Å². The summed E-state index contributed by atoms with van der Waals surface area (Å²) in [5.41, 5.74) is 2.26. The highest BCUT2D eigenvalue weighted by molar-refractivity contribution is 5.99. The first-order chi connectivity index (χ1) is 15.6. The number of ether oxygens (including phenoxy) is 1. The summed E-state index contributed by atoms with van der Waals surface area (Å²) >= 11 is 0. The highest BCUT2D eigenvalue weighted by Gasteiger charge is 2.17. The Morgan fingerprint density at radius 1 is 1.22 bits per heavy atom. The topological polar surface area (TPSA) is 94.9 Å². The largest absolute Gasteiger partial charge is 0.487 e. The Labute approximate surface area is 187 Å². The molecule has 0 radical (unpaired) electrons. The van der Waals surface area contributed by atoms with Gasteiger partial charge in [-0.1, -0.05) is 50.1 Å². The van der Waals surface area contributed by atoms with Gasteiger partial charge in [-0.3, -0.25) is 10.1 Å². The molecule has 0 atom stereocenters. The summed E-state index contributed by atoms with van der Waals surface area (Å²) in [5.74, 6) is 0.946. The standard InChI is InChI=1S/C24H27N5O3/c1-3-4-8-15-32-23-12-11-21(16-22(23)29(30)31)19(2)27-26-17-24-25-13-14-28(24)18-20-9-6-5-7-10-20/h5-7,9-14,16-17H,3-4,8,15,18H2,1-2H3/b26-17+,27-19-. The molecule has 3 rings (SSSR count). The molecule has 2 aromatic carbocycles. The molecule has 166 valence electrons. The van der Waals surface area contributed by atoms with Crippen molar-refractivity contribution in [2.45, 2.75) is 39.7 Å². The second kappa shape index (κ2) is 11.5. The van der Waals surface area contributed by atoms with Gasteiger partial charge in [0.25, 0.3) is 0 Å². The molecule has 0 fully saturated rings. The van der Waals surface area contributed by atoms with E-state index >= 15 is 0 Å². The maximum absolute atomic E-state index is 11.5. The summed E-state index contributed by atoms with van der Waals surface area (Å²) in [6.45, 7) is 4.99. The number of hydrogen-bond acceptors (Lipinski definition) is 6. The first-order valence-electron chi connectivity index (χ1n) is 10.6. The monoisotopic (exact) mass is 433 g/mol. The number of imidazole rings is 1. The summed E-state index contributed by atoms with van der Waals surface area (Å²) in [5, 5.41) is 19.8. The van der Waals surface area contributed by atoms with Crippen molar-refractivity contribution in [2.24, 2.45) is 10.2 Å². The number of aromatic nitrogens is 2. The van der Waals surface area contributed by atoms with Crippen molar-refractivity contribution in [3.05, 3.63) is 88.0 Å². The second-order valence-corrected chi connectivity index (χ2v) is 7.32. The number of benzene rings is 2. The molecular formula is C24H27N5O3. The van der Waals surface area contributed by atoms with Gasteiger partial charge >= 0.3 is 5.69 Å². The number of unbranched alkanes of at least 4 members (excludes halogenated alkanes) is 2. The smallest absolute Gasteiger partial charge is 0.311 e. The van der Waals surface area contributed by atoms with Crippen LogP contribution >= 0.6 is 0 Å². The summed E-state index contributed by atoms with van der Waals surface area (Å²) in [7, 11) is 0. The van der Waals surface area contributed by atoms with E-state index in [0.717, 1.165) is 24.8 Å². The molecule has 0 amide bonds. The van der Waals surface area contributed by atoms with Crippen LogP contribution < -0.4 is 4.74 Å². The second-order valence-electron chi connectivity index (χ2n) is 7.32. The molecule has 0 saturated carbocycles. The summed E-state index contributed by atoms with van der Waals surface area (Å²) in [4.78, 5) is 15.4. The maximum atomic E-state index is 11.5. The van der Waals surface area contributed by atoms with Gasteiger partial charge in [0.1, 0.15) is 0 Å². The molecule has 1 heterocycles. The molecule has 0 saturated heterocycles. The Morgan fingerprint density at radius 2 is 2.03 bits per heavy atom. The normalized spacial score (nSPS) is 11.8. The van der Waals surface area contributed by atoms with E-state index in [0.29, 0.717) is 30.3 Å². The lowest BCUT2D eigenvalue weighted by atomic mass is 10.1. The molecule has 8 nitrogen and oxygen atoms in total. The van der Waals surface area contributed by atoms with Gasteiger partial charge in [0.15, 0.2) is 11.6 Å². The van der Waals surface area contributed by atoms with Gasteiger partial charge in [-0.05, 0) is 31.0 Å². The van der Waals surface area contributed by atoms with Crippen molar-refractivity contribution in [2.75, 3.05) is 6.61 Å². The number of hydrogen-bond donors (Lipinski definition) is 0. The Hall–Kier alpha value is -3.81. The molecule has 0 aliphatic heterocycles. The molecule has 0 bridgehead atoms. The van der Waals surface area contributed by atoms with Crippen molar-refractivity contribution in [1.29, 1.82) is 0 Å². The van der Waals surface area contributed by atoms with Crippen LogP contribution in [-0.4, -0.2) is 33.0 Å². The van der Waals surface area contributed by atoms with E-state index in [2.05, 4.69) is 22.1 Å². The number of nitro benzene ring substituents is 1. The van der Waals surface area contributed by atoms with E-state index < -0.39 is 4.92 Å². The van der Waals surface area contributed by atoms with Crippen LogP contribution in [0.25, 0.3) is 0 Å². The van der Waals surface area contributed by atoms with Crippen molar-refractivity contribution >= 4 is 17.6 Å². The van der Waals surface area contributed by atoms with Crippen LogP contribution in [0.5, 0.6) is 5.75 Å². The molecule has 32 heavy (non-hydrogen) atoms. The predicted octanol–water partition coefficient (Wildman–Crippen LogP) is 5.25. The van der Waals surface area contributed by atoms with Crippen LogP contribution in [0, 0.1) is 10.1 Å². The third-order valence-corrected chi connectivity index (χ3v) is 4.90. The minimum absolute atomic E-state index is 0.0732. The Morgan fingerprint density at radius 3 is 2.78 bits per heavy atom. The van der Waals surface area contributed by atoms with Crippen molar-refractivity contribution in [3.8, 4) is 5.75 Å². The van der Waals surface area contributed by atoms with Gasteiger partial charge in [-0.15, -0.1) is 0 Å². The van der Waals surface area contributed by atoms with E-state index in [1.54, 1.807) is 31.5 Å². The number of nitrogens with zero attached hydrogens (tertiary/aromatic N) is 5. The van der Waals surface area contributed by atoms with E-state index in [4.69, 9.17) is 4.74 Å². The molecule has 8 heteroatoms. The molecule has 3 aromatic rings. The van der Waals surface area contributed by atoms with E-state index in [1.807, 2.05) is 41.1 Å². The quantitative estimate of drug-likeness (QED) is 0.179. The van der Waals surface area contributed by atoms with Crippen LogP contribution in [0.1, 0.15) is 50.1 Å². The Kier molecular flexibility index (Phi) is 8.25. The predicted molar refractivity (Wildman–Crippen MR) is 126 cm³/mol. The third kappa shape index (κ3) is 6.34. The minimum atomic E-state index is -0.435. The van der Waals surface area contributed by atoms with Crippen molar-refractivity contribution < 1.29 is 9.66 Å². The first kappa shape index (κ1) is 22.9. The van der Waals surface area contributed by atoms with E-state index in [9.17, 15) is 10.1 Å². The lowest BCUT2D eigenvalue weighted by Gasteiger charge is -2.08. The Balaban J connectivity index is 1.71. The van der Waals surface area contributed by atoms with Crippen LogP contribution in [0.3, 0.4) is 0 Å². The molecule has 0 aliphatic carbocycles. The summed E-state index contributed by atoms with van der Waals surface area (Å²) in [6.07, 6.45) is 8.12. The average molecular weight is 434 g/mol. The van der Waals surface area contributed by atoms with Crippen molar-refractivity contribution in [3.63, 3.8) is 0 Å². The lowest BCUT2D eigenvalue weighted by Crippen LogP contribution is -2.04. The van der Waals surface area contributed by atoms with Gasteiger partial charge in [-0.25, -0.2) is 4.98 Å². The molecule has 0 unspecified atom stereocenters. The molecule has 1 aromatic heterocycles. The fourth-order valence-corrected chi connectivity index (χ4v) is 3.13. The zero-order valence-electron chi connectivity index (χ0n) is 18.3. The average Bonchev–Trinajstić information content (AvgIpc) is 3.24. The summed E-state index contributed by atoms with van der Waals surface area (Å²) in [6, 6.07) is 14.9. The molecule has 0 spiro atoms. The van der Waals surface area contributed by atoms with Crippen LogP contribution in [0.4, 0.5) is 5.69 Å². The van der Waals surface area contributed by atoms with Crippen LogP contribution in [-0.2, 0) is 6.54 Å². The maximum Gasteiger partial charge on any atom is 0.311 e. The molecule has 0 aliphatic rings. The zero-order valence-corrected chi connectivity index (χ0v) is 18.3. The molecule has 0 N–H and O–H groups in total. The fraction of sp³-hybridized carbons (Fsp3) is 0.292. The van der Waals surface area contributed by atoms with Gasteiger partial charge in [0.2, 0.25) is 0 Å². The highest BCUT2D eigenvalue weighted by Crippen LogP contribution is 2.28. The van der Waals surface area contributed by atoms with Gasteiger partial charge in [-0.2, -0.15) is 10.2 Å².